The summed E-state index contributed by atoms with van der Waals surface area (Å²) in [6, 6.07) is 11.6. The number of carbonyl (C=O) groups excluding carboxylic acids is 1. The quantitative estimate of drug-likeness (QED) is 0.749. The Kier molecular flexibility index (Phi) is 3.52. The van der Waals surface area contributed by atoms with E-state index in [-0.39, 0.29) is 5.91 Å². The van der Waals surface area contributed by atoms with Gasteiger partial charge in [-0.15, -0.1) is 11.3 Å². The van der Waals surface area contributed by atoms with Crippen LogP contribution in [0.5, 0.6) is 0 Å². The molecule has 1 aromatic carbocycles. The minimum atomic E-state index is -0.208. The standard InChI is InChI=1S/C15H11N3OS/c19-13(7-6-11-4-2-1-3-5-11)18-14-12-8-9-20-15(12)17-10-16-14/h1-10H,(H,16,17,18,19)/b7-6+. The first kappa shape index (κ1) is 12.5. The van der Waals surface area contributed by atoms with Crippen molar-refractivity contribution in [2.24, 2.45) is 0 Å². The summed E-state index contributed by atoms with van der Waals surface area (Å²) in [5, 5.41) is 5.56. The first-order valence-corrected chi connectivity index (χ1v) is 6.93. The number of anilines is 1. The molecule has 0 saturated carbocycles. The number of rotatable bonds is 3. The zero-order valence-electron chi connectivity index (χ0n) is 10.5. The Morgan fingerprint density at radius 1 is 1.15 bits per heavy atom. The van der Waals surface area contributed by atoms with Crippen LogP contribution in [-0.4, -0.2) is 15.9 Å². The monoisotopic (exact) mass is 281 g/mol. The van der Waals surface area contributed by atoms with Gasteiger partial charge in [-0.25, -0.2) is 9.97 Å². The van der Waals surface area contributed by atoms with Crippen molar-refractivity contribution in [3.05, 3.63) is 59.7 Å². The van der Waals surface area contributed by atoms with Gasteiger partial charge in [-0.3, -0.25) is 4.79 Å². The largest absolute Gasteiger partial charge is 0.306 e. The summed E-state index contributed by atoms with van der Waals surface area (Å²) in [5.41, 5.74) is 0.978. The SMILES string of the molecule is O=C(/C=C/c1ccccc1)Nc1ncnc2sccc12. The number of amides is 1. The summed E-state index contributed by atoms with van der Waals surface area (Å²) >= 11 is 1.52. The Labute approximate surface area is 119 Å². The van der Waals surface area contributed by atoms with E-state index in [1.54, 1.807) is 6.08 Å². The van der Waals surface area contributed by atoms with Crippen LogP contribution in [-0.2, 0) is 4.79 Å². The van der Waals surface area contributed by atoms with E-state index in [0.717, 1.165) is 15.8 Å². The second-order valence-electron chi connectivity index (χ2n) is 4.09. The molecule has 0 aliphatic rings. The van der Waals surface area contributed by atoms with Crippen molar-refractivity contribution < 1.29 is 4.79 Å². The third-order valence-electron chi connectivity index (χ3n) is 2.73. The van der Waals surface area contributed by atoms with Gasteiger partial charge in [-0.1, -0.05) is 30.3 Å². The number of aromatic nitrogens is 2. The lowest BCUT2D eigenvalue weighted by atomic mass is 10.2. The third kappa shape index (κ3) is 2.73. The van der Waals surface area contributed by atoms with Crippen LogP contribution in [0.15, 0.2) is 54.2 Å². The van der Waals surface area contributed by atoms with E-state index in [0.29, 0.717) is 5.82 Å². The molecule has 0 radical (unpaired) electrons. The second kappa shape index (κ2) is 5.63. The molecule has 0 aliphatic carbocycles. The maximum Gasteiger partial charge on any atom is 0.249 e. The van der Waals surface area contributed by atoms with Crippen molar-refractivity contribution in [3.63, 3.8) is 0 Å². The topological polar surface area (TPSA) is 54.9 Å². The molecule has 1 amide bonds. The number of nitrogens with one attached hydrogen (secondary N) is 1. The van der Waals surface area contributed by atoms with E-state index in [4.69, 9.17) is 0 Å². The van der Waals surface area contributed by atoms with E-state index in [1.165, 1.54) is 23.7 Å². The molecule has 4 nitrogen and oxygen atoms in total. The molecule has 0 atom stereocenters. The van der Waals surface area contributed by atoms with Crippen molar-refractivity contribution in [1.29, 1.82) is 0 Å². The van der Waals surface area contributed by atoms with Gasteiger partial charge in [-0.05, 0) is 23.1 Å². The summed E-state index contributed by atoms with van der Waals surface area (Å²) in [6.45, 7) is 0. The van der Waals surface area contributed by atoms with Gasteiger partial charge < -0.3 is 5.32 Å². The molecular formula is C15H11N3OS. The molecule has 98 valence electrons. The predicted molar refractivity (Wildman–Crippen MR) is 81.5 cm³/mol. The molecule has 20 heavy (non-hydrogen) atoms. The zero-order chi connectivity index (χ0) is 13.8. The molecule has 3 rings (SSSR count). The van der Waals surface area contributed by atoms with Gasteiger partial charge in [0.05, 0.1) is 5.39 Å². The number of nitrogens with zero attached hydrogens (tertiary/aromatic N) is 2. The molecule has 0 bridgehead atoms. The molecule has 2 aromatic heterocycles. The number of hydrogen-bond donors (Lipinski definition) is 1. The van der Waals surface area contributed by atoms with Crippen LogP contribution in [0.25, 0.3) is 16.3 Å². The van der Waals surface area contributed by atoms with Crippen molar-refractivity contribution >= 4 is 39.4 Å². The fourth-order valence-electron chi connectivity index (χ4n) is 1.78. The van der Waals surface area contributed by atoms with Crippen molar-refractivity contribution in [3.8, 4) is 0 Å². The molecule has 0 aliphatic heterocycles. The van der Waals surface area contributed by atoms with E-state index in [2.05, 4.69) is 15.3 Å². The lowest BCUT2D eigenvalue weighted by Gasteiger charge is -2.01. The van der Waals surface area contributed by atoms with Gasteiger partial charge >= 0.3 is 0 Å². The molecule has 0 spiro atoms. The number of hydrogen-bond acceptors (Lipinski definition) is 4. The fourth-order valence-corrected chi connectivity index (χ4v) is 2.52. The summed E-state index contributed by atoms with van der Waals surface area (Å²) in [7, 11) is 0. The number of carbonyl (C=O) groups is 1. The second-order valence-corrected chi connectivity index (χ2v) is 4.99. The molecule has 3 aromatic rings. The van der Waals surface area contributed by atoms with Crippen LogP contribution in [0.1, 0.15) is 5.56 Å². The van der Waals surface area contributed by atoms with E-state index >= 15 is 0 Å². The minimum Gasteiger partial charge on any atom is -0.306 e. The van der Waals surface area contributed by atoms with Crippen LogP contribution in [0, 0.1) is 0 Å². The Balaban J connectivity index is 1.76. The lowest BCUT2D eigenvalue weighted by Crippen LogP contribution is -2.09. The Hall–Kier alpha value is -2.53. The number of fused-ring (bicyclic) bond motifs is 1. The minimum absolute atomic E-state index is 0.208. The van der Waals surface area contributed by atoms with Gasteiger partial charge in [0.1, 0.15) is 17.0 Å². The van der Waals surface area contributed by atoms with Crippen LogP contribution in [0.3, 0.4) is 0 Å². The van der Waals surface area contributed by atoms with Gasteiger partial charge in [0.25, 0.3) is 0 Å². The molecule has 2 heterocycles. The van der Waals surface area contributed by atoms with E-state index in [9.17, 15) is 4.79 Å². The molecule has 0 fully saturated rings. The van der Waals surface area contributed by atoms with Gasteiger partial charge in [0.2, 0.25) is 5.91 Å². The first-order valence-electron chi connectivity index (χ1n) is 6.05. The Morgan fingerprint density at radius 3 is 2.85 bits per heavy atom. The maximum absolute atomic E-state index is 11.9. The fraction of sp³-hybridized carbons (Fsp3) is 0. The first-order chi connectivity index (χ1) is 9.83. The summed E-state index contributed by atoms with van der Waals surface area (Å²) in [6.07, 6.45) is 4.71. The highest BCUT2D eigenvalue weighted by atomic mass is 32.1. The highest BCUT2D eigenvalue weighted by molar-refractivity contribution is 7.16. The molecule has 0 saturated heterocycles. The van der Waals surface area contributed by atoms with Crippen molar-refractivity contribution in [2.75, 3.05) is 5.32 Å². The Bertz CT molecular complexity index is 765. The average molecular weight is 281 g/mol. The third-order valence-corrected chi connectivity index (χ3v) is 3.55. The maximum atomic E-state index is 11.9. The molecule has 1 N–H and O–H groups in total. The van der Waals surface area contributed by atoms with Gasteiger partial charge in [-0.2, -0.15) is 0 Å². The summed E-state index contributed by atoms with van der Waals surface area (Å²) in [5.74, 6) is 0.332. The molecule has 0 unspecified atom stereocenters. The summed E-state index contributed by atoms with van der Waals surface area (Å²) in [4.78, 5) is 21.0. The van der Waals surface area contributed by atoms with Gasteiger partial charge in [0.15, 0.2) is 0 Å². The highest BCUT2D eigenvalue weighted by Gasteiger charge is 2.06. The van der Waals surface area contributed by atoms with Crippen molar-refractivity contribution in [1.82, 2.24) is 9.97 Å². The Morgan fingerprint density at radius 2 is 2.00 bits per heavy atom. The molecule has 5 heteroatoms. The predicted octanol–water partition coefficient (Wildman–Crippen LogP) is 3.34. The van der Waals surface area contributed by atoms with Crippen LogP contribution in [0.4, 0.5) is 5.82 Å². The van der Waals surface area contributed by atoms with E-state index in [1.807, 2.05) is 41.8 Å². The number of benzene rings is 1. The van der Waals surface area contributed by atoms with Crippen molar-refractivity contribution in [2.45, 2.75) is 0 Å². The molecular weight excluding hydrogens is 270 g/mol. The highest BCUT2D eigenvalue weighted by Crippen LogP contribution is 2.23. The smallest absolute Gasteiger partial charge is 0.249 e. The summed E-state index contributed by atoms with van der Waals surface area (Å²) < 4.78 is 0. The van der Waals surface area contributed by atoms with E-state index < -0.39 is 0 Å². The number of thiophene rings is 1. The zero-order valence-corrected chi connectivity index (χ0v) is 11.3. The van der Waals surface area contributed by atoms with Crippen LogP contribution in [0.2, 0.25) is 0 Å². The van der Waals surface area contributed by atoms with Crippen LogP contribution < -0.4 is 5.32 Å². The lowest BCUT2D eigenvalue weighted by molar-refractivity contribution is -0.111. The average Bonchev–Trinajstić information content (AvgIpc) is 2.96. The van der Waals surface area contributed by atoms with Gasteiger partial charge in [0, 0.05) is 6.08 Å². The normalized spacial score (nSPS) is 11.0. The van der Waals surface area contributed by atoms with Crippen LogP contribution >= 0.6 is 11.3 Å².